The third kappa shape index (κ3) is 3.77. The molecule has 0 bridgehead atoms. The minimum atomic E-state index is -1.75. The molecule has 0 fully saturated rings. The zero-order valence-electron chi connectivity index (χ0n) is 8.54. The topological polar surface area (TPSA) is 117 Å². The average molecular weight is 220 g/mol. The molecule has 1 N–H and O–H groups in total. The van der Waals surface area contributed by atoms with Gasteiger partial charge in [0.1, 0.15) is 0 Å². The van der Waals surface area contributed by atoms with Crippen molar-refractivity contribution >= 4 is 0 Å². The molecule has 0 amide bonds. The van der Waals surface area contributed by atoms with Crippen LogP contribution >= 0.6 is 0 Å². The van der Waals surface area contributed by atoms with E-state index in [4.69, 9.17) is 15.3 Å². The van der Waals surface area contributed by atoms with Gasteiger partial charge in [-0.25, -0.2) is 4.90 Å². The van der Waals surface area contributed by atoms with Gasteiger partial charge in [-0.05, 0) is 4.92 Å². The monoisotopic (exact) mass is 220 g/mol. The van der Waals surface area contributed by atoms with Crippen molar-refractivity contribution in [1.29, 1.82) is 0 Å². The van der Waals surface area contributed by atoms with E-state index >= 15 is 0 Å². The second-order valence-electron chi connectivity index (χ2n) is 3.01. The van der Waals surface area contributed by atoms with Crippen molar-refractivity contribution < 1.29 is 14.9 Å². The van der Waals surface area contributed by atoms with Crippen LogP contribution in [-0.2, 0) is 0 Å². The van der Waals surface area contributed by atoms with E-state index in [9.17, 15) is 10.1 Å². The molecule has 9 heteroatoms. The molecule has 86 valence electrons. The maximum Gasteiger partial charge on any atom is 0.376 e. The zero-order chi connectivity index (χ0) is 12.2. The van der Waals surface area contributed by atoms with Gasteiger partial charge in [-0.15, -0.1) is 0 Å². The van der Waals surface area contributed by atoms with Gasteiger partial charge in [0.15, 0.2) is 6.20 Å². The standard InChI is InChI=1S/C6H11N3O2.NO3/c1-5-7(2)4-6(8(5)3)9(10)11;2-1(3)4/h4-5H,1-3H3;/q;-1/p+1. The van der Waals surface area contributed by atoms with Crippen LogP contribution in [0.25, 0.3) is 0 Å². The lowest BCUT2D eigenvalue weighted by Gasteiger charge is -2.13. The van der Waals surface area contributed by atoms with E-state index in [1.54, 1.807) is 18.1 Å². The number of quaternary nitrogens is 1. The molecular formula is C6H12N4O5. The molecule has 0 aromatic heterocycles. The molecule has 0 aromatic carbocycles. The van der Waals surface area contributed by atoms with Crippen LogP contribution in [0.15, 0.2) is 12.0 Å². The Labute approximate surface area is 85.4 Å². The smallest absolute Gasteiger partial charge is 0.358 e. The van der Waals surface area contributed by atoms with E-state index in [-0.39, 0.29) is 16.9 Å². The maximum atomic E-state index is 10.4. The van der Waals surface area contributed by atoms with Crippen LogP contribution < -0.4 is 4.90 Å². The van der Waals surface area contributed by atoms with Crippen LogP contribution in [0, 0.1) is 25.4 Å². The molecule has 2 atom stereocenters. The third-order valence-electron chi connectivity index (χ3n) is 2.15. The Morgan fingerprint density at radius 1 is 1.40 bits per heavy atom. The van der Waals surface area contributed by atoms with E-state index in [0.29, 0.717) is 0 Å². The largest absolute Gasteiger partial charge is 0.376 e. The Bertz CT molecular complexity index is 287. The SMILES string of the molecule is CC1N(C)C([N+](=O)[O-])=C[NH+]1C.O=[N+]([O-])[O-]. The Balaban J connectivity index is 0.000000423. The molecule has 1 aliphatic heterocycles. The van der Waals surface area contributed by atoms with E-state index < -0.39 is 5.09 Å². The number of nitrogens with one attached hydrogen (secondary N) is 1. The molecule has 2 unspecified atom stereocenters. The molecule has 9 nitrogen and oxygen atoms in total. The number of rotatable bonds is 1. The lowest BCUT2D eigenvalue weighted by atomic mass is 10.5. The highest BCUT2D eigenvalue weighted by Gasteiger charge is 2.36. The summed E-state index contributed by atoms with van der Waals surface area (Å²) >= 11 is 0. The van der Waals surface area contributed by atoms with Gasteiger partial charge in [0, 0.05) is 6.92 Å². The Kier molecular flexibility index (Phi) is 4.45. The van der Waals surface area contributed by atoms with Crippen LogP contribution in [0.5, 0.6) is 0 Å². The predicted molar refractivity (Wildman–Crippen MR) is 49.6 cm³/mol. The molecular weight excluding hydrogens is 208 g/mol. The summed E-state index contributed by atoms with van der Waals surface area (Å²) in [5.74, 6) is 0.190. The fourth-order valence-corrected chi connectivity index (χ4v) is 1.11. The van der Waals surface area contributed by atoms with Crippen molar-refractivity contribution in [1.82, 2.24) is 4.90 Å². The summed E-state index contributed by atoms with van der Waals surface area (Å²) in [6.45, 7) is 1.95. The zero-order valence-corrected chi connectivity index (χ0v) is 8.54. The molecule has 0 aliphatic carbocycles. The number of hydrogen-bond donors (Lipinski definition) is 1. The summed E-state index contributed by atoms with van der Waals surface area (Å²) < 4.78 is 0. The van der Waals surface area contributed by atoms with E-state index in [0.717, 1.165) is 4.90 Å². The Morgan fingerprint density at radius 2 is 1.80 bits per heavy atom. The van der Waals surface area contributed by atoms with Crippen molar-refractivity contribution in [3.63, 3.8) is 0 Å². The van der Waals surface area contributed by atoms with Gasteiger partial charge in [-0.2, -0.15) is 0 Å². The van der Waals surface area contributed by atoms with Crippen molar-refractivity contribution in [2.24, 2.45) is 0 Å². The number of nitro groups is 1. The second kappa shape index (κ2) is 5.10. The van der Waals surface area contributed by atoms with Crippen molar-refractivity contribution in [2.45, 2.75) is 13.1 Å². The molecule has 15 heavy (non-hydrogen) atoms. The molecule has 0 spiro atoms. The third-order valence-corrected chi connectivity index (χ3v) is 2.15. The molecule has 1 rings (SSSR count). The van der Waals surface area contributed by atoms with Crippen LogP contribution in [0.3, 0.4) is 0 Å². The fraction of sp³-hybridized carbons (Fsp3) is 0.667. The normalized spacial score (nSPS) is 23.9. The highest BCUT2D eigenvalue weighted by Crippen LogP contribution is 2.06. The van der Waals surface area contributed by atoms with E-state index in [1.165, 1.54) is 0 Å². The van der Waals surface area contributed by atoms with Gasteiger partial charge in [0.05, 0.1) is 19.2 Å². The van der Waals surface area contributed by atoms with E-state index in [2.05, 4.69) is 0 Å². The highest BCUT2D eigenvalue weighted by atomic mass is 16.9. The maximum absolute atomic E-state index is 10.4. The summed E-state index contributed by atoms with van der Waals surface area (Å²) in [5.41, 5.74) is 0. The highest BCUT2D eigenvalue weighted by molar-refractivity contribution is 4.88. The summed E-state index contributed by atoms with van der Waals surface area (Å²) in [6, 6.07) is 0. The quantitative estimate of drug-likeness (QED) is 0.430. The average Bonchev–Trinajstić information content (AvgIpc) is 2.32. The van der Waals surface area contributed by atoms with Crippen LogP contribution in [-0.4, -0.2) is 35.2 Å². The summed E-state index contributed by atoms with van der Waals surface area (Å²) in [4.78, 5) is 21.0. The fourth-order valence-electron chi connectivity index (χ4n) is 1.11. The van der Waals surface area contributed by atoms with Crippen LogP contribution in [0.4, 0.5) is 0 Å². The minimum absolute atomic E-state index is 0.162. The van der Waals surface area contributed by atoms with Gasteiger partial charge in [-0.3, -0.25) is 4.90 Å². The molecule has 0 saturated heterocycles. The van der Waals surface area contributed by atoms with Crippen molar-refractivity contribution in [2.75, 3.05) is 14.1 Å². The lowest BCUT2D eigenvalue weighted by Crippen LogP contribution is -3.07. The summed E-state index contributed by atoms with van der Waals surface area (Å²) in [6.07, 6.45) is 1.78. The number of nitrogens with zero attached hydrogens (tertiary/aromatic N) is 3. The first-order valence-corrected chi connectivity index (χ1v) is 4.01. The van der Waals surface area contributed by atoms with Crippen molar-refractivity contribution in [3.05, 3.63) is 37.5 Å². The second-order valence-corrected chi connectivity index (χ2v) is 3.01. The predicted octanol–water partition coefficient (Wildman–Crippen LogP) is -1.37. The molecule has 0 saturated carbocycles. The van der Waals surface area contributed by atoms with Crippen LogP contribution in [0.2, 0.25) is 0 Å². The first kappa shape index (κ1) is 13.1. The molecule has 1 heterocycles. The summed E-state index contributed by atoms with van der Waals surface area (Å²) in [7, 11) is 3.63. The van der Waals surface area contributed by atoms with Gasteiger partial charge in [0.25, 0.3) is 0 Å². The molecule has 1 aliphatic rings. The Hall–Kier alpha value is -1.90. The molecule has 0 radical (unpaired) electrons. The summed E-state index contributed by atoms with van der Waals surface area (Å²) in [5, 5.41) is 25.1. The van der Waals surface area contributed by atoms with Crippen molar-refractivity contribution in [3.8, 4) is 0 Å². The van der Waals surface area contributed by atoms with Gasteiger partial charge in [0.2, 0.25) is 6.17 Å². The first-order chi connectivity index (χ1) is 6.77. The Morgan fingerprint density at radius 3 is 1.93 bits per heavy atom. The number of hydrogen-bond acceptors (Lipinski definition) is 6. The van der Waals surface area contributed by atoms with Crippen LogP contribution in [0.1, 0.15) is 6.92 Å². The van der Waals surface area contributed by atoms with Gasteiger partial charge < -0.3 is 25.4 Å². The lowest BCUT2D eigenvalue weighted by molar-refractivity contribution is -0.854. The molecule has 0 aromatic rings. The van der Waals surface area contributed by atoms with Gasteiger partial charge in [-0.1, -0.05) is 0 Å². The minimum Gasteiger partial charge on any atom is -0.358 e. The van der Waals surface area contributed by atoms with E-state index in [1.807, 2.05) is 14.0 Å². The van der Waals surface area contributed by atoms with Gasteiger partial charge >= 0.3 is 5.82 Å². The first-order valence-electron chi connectivity index (χ1n) is 4.01.